The van der Waals surface area contributed by atoms with Gasteiger partial charge in [0, 0.05) is 12.5 Å². The Morgan fingerprint density at radius 2 is 1.95 bits per heavy atom. The highest BCUT2D eigenvalue weighted by Crippen LogP contribution is 2.27. The van der Waals surface area contributed by atoms with Crippen molar-refractivity contribution in [2.75, 3.05) is 17.7 Å². The van der Waals surface area contributed by atoms with Gasteiger partial charge in [-0.15, -0.1) is 0 Å². The van der Waals surface area contributed by atoms with Gasteiger partial charge in [0.2, 0.25) is 5.88 Å². The molecule has 3 N–H and O–H groups in total. The van der Waals surface area contributed by atoms with E-state index in [-0.39, 0.29) is 0 Å². The Morgan fingerprint density at radius 3 is 2.53 bits per heavy atom. The molecule has 1 aromatic heterocycles. The van der Waals surface area contributed by atoms with E-state index in [1.165, 1.54) is 0 Å². The van der Waals surface area contributed by atoms with Crippen LogP contribution < -0.4 is 15.8 Å². The Morgan fingerprint density at radius 1 is 1.21 bits per heavy atom. The number of hydrogen-bond donors (Lipinski definition) is 2. The first kappa shape index (κ1) is 15.5. The van der Waals surface area contributed by atoms with E-state index < -0.39 is 0 Å². The zero-order chi connectivity index (χ0) is 14.3. The van der Waals surface area contributed by atoms with Gasteiger partial charge in [0.05, 0.1) is 6.61 Å². The molecular weight excluding hydrogens is 240 g/mol. The normalized spacial score (nSPS) is 12.2. The van der Waals surface area contributed by atoms with Crippen molar-refractivity contribution in [3.8, 4) is 5.88 Å². The molecule has 1 unspecified atom stereocenters. The Balaban J connectivity index is 3.01. The van der Waals surface area contributed by atoms with Crippen molar-refractivity contribution in [2.45, 2.75) is 59.4 Å². The van der Waals surface area contributed by atoms with E-state index in [0.29, 0.717) is 30.0 Å². The number of nitrogens with two attached hydrogens (primary N) is 1. The maximum absolute atomic E-state index is 6.08. The number of aryl methyl sites for hydroxylation is 1. The lowest BCUT2D eigenvalue weighted by Crippen LogP contribution is -2.18. The number of nitrogen functional groups attached to an aromatic ring is 1. The number of nitrogens with one attached hydrogen (secondary N) is 1. The average Bonchev–Trinajstić information content (AvgIpc) is 2.40. The van der Waals surface area contributed by atoms with E-state index in [0.717, 1.165) is 31.5 Å². The minimum absolute atomic E-state index is 0.325. The molecule has 0 saturated heterocycles. The number of anilines is 2. The van der Waals surface area contributed by atoms with Gasteiger partial charge in [-0.25, -0.2) is 4.98 Å². The molecule has 0 aliphatic rings. The largest absolute Gasteiger partial charge is 0.476 e. The summed E-state index contributed by atoms with van der Waals surface area (Å²) >= 11 is 0. The number of ether oxygens (including phenoxy) is 1. The molecule has 0 radical (unpaired) electrons. The highest BCUT2D eigenvalue weighted by Gasteiger charge is 2.14. The summed E-state index contributed by atoms with van der Waals surface area (Å²) in [5, 5.41) is 3.32. The highest BCUT2D eigenvalue weighted by molar-refractivity contribution is 5.67. The van der Waals surface area contributed by atoms with Gasteiger partial charge in [0.1, 0.15) is 11.5 Å². The summed E-state index contributed by atoms with van der Waals surface area (Å²) in [5.41, 5.74) is 6.59. The number of hydrogen-bond acceptors (Lipinski definition) is 5. The van der Waals surface area contributed by atoms with Crippen LogP contribution in [0.4, 0.5) is 11.5 Å². The van der Waals surface area contributed by atoms with Crippen LogP contribution in [0.2, 0.25) is 0 Å². The van der Waals surface area contributed by atoms with Gasteiger partial charge in [-0.3, -0.25) is 0 Å². The van der Waals surface area contributed by atoms with Gasteiger partial charge in [0.25, 0.3) is 0 Å². The molecule has 5 heteroatoms. The monoisotopic (exact) mass is 266 g/mol. The van der Waals surface area contributed by atoms with Crippen LogP contribution in [0.1, 0.15) is 52.8 Å². The van der Waals surface area contributed by atoms with E-state index in [9.17, 15) is 0 Å². The maximum Gasteiger partial charge on any atom is 0.242 e. The van der Waals surface area contributed by atoms with Crippen LogP contribution in [-0.4, -0.2) is 22.6 Å². The lowest BCUT2D eigenvalue weighted by atomic mass is 10.2. The molecule has 19 heavy (non-hydrogen) atoms. The quantitative estimate of drug-likeness (QED) is 0.756. The average molecular weight is 266 g/mol. The summed E-state index contributed by atoms with van der Waals surface area (Å²) in [4.78, 5) is 8.89. The van der Waals surface area contributed by atoms with Gasteiger partial charge in [-0.05, 0) is 26.2 Å². The van der Waals surface area contributed by atoms with Gasteiger partial charge < -0.3 is 15.8 Å². The molecule has 0 aromatic carbocycles. The van der Waals surface area contributed by atoms with Gasteiger partial charge in [-0.1, -0.05) is 20.8 Å². The van der Waals surface area contributed by atoms with Crippen LogP contribution in [0.15, 0.2) is 0 Å². The minimum Gasteiger partial charge on any atom is -0.476 e. The summed E-state index contributed by atoms with van der Waals surface area (Å²) in [5.74, 6) is 1.98. The standard InChI is InChI=1S/C14H26N4O/c1-5-8-11-17-13(16-10(4)7-3)12(15)14(18-11)19-9-6-2/h10H,5-9,15H2,1-4H3,(H,16,17,18). The highest BCUT2D eigenvalue weighted by atomic mass is 16.5. The number of rotatable bonds is 8. The van der Waals surface area contributed by atoms with E-state index >= 15 is 0 Å². The van der Waals surface area contributed by atoms with E-state index in [1.54, 1.807) is 0 Å². The molecule has 0 bridgehead atoms. The van der Waals surface area contributed by atoms with E-state index in [2.05, 4.69) is 43.0 Å². The van der Waals surface area contributed by atoms with Crippen molar-refractivity contribution in [2.24, 2.45) is 0 Å². The predicted molar refractivity (Wildman–Crippen MR) is 79.6 cm³/mol. The lowest BCUT2D eigenvalue weighted by Gasteiger charge is -2.17. The number of nitrogens with zero attached hydrogens (tertiary/aromatic N) is 2. The smallest absolute Gasteiger partial charge is 0.242 e. The predicted octanol–water partition coefficient (Wildman–Crippen LogP) is 3.01. The molecule has 0 fully saturated rings. The SMILES string of the molecule is CCCOc1nc(CCC)nc(NC(C)CC)c1N. The zero-order valence-electron chi connectivity index (χ0n) is 12.5. The third-order valence-electron chi connectivity index (χ3n) is 2.87. The summed E-state index contributed by atoms with van der Waals surface area (Å²) in [7, 11) is 0. The second kappa shape index (κ2) is 7.81. The summed E-state index contributed by atoms with van der Waals surface area (Å²) < 4.78 is 5.61. The molecule has 1 atom stereocenters. The molecule has 0 aliphatic carbocycles. The molecule has 1 aromatic rings. The van der Waals surface area contributed by atoms with Crippen molar-refractivity contribution in [3.05, 3.63) is 5.82 Å². The summed E-state index contributed by atoms with van der Waals surface area (Å²) in [6.07, 6.45) is 3.77. The zero-order valence-corrected chi connectivity index (χ0v) is 12.5. The van der Waals surface area contributed by atoms with Crippen molar-refractivity contribution in [1.82, 2.24) is 9.97 Å². The molecule has 0 aliphatic heterocycles. The fourth-order valence-electron chi connectivity index (χ4n) is 1.58. The van der Waals surface area contributed by atoms with E-state index in [4.69, 9.17) is 10.5 Å². The minimum atomic E-state index is 0.325. The number of aromatic nitrogens is 2. The molecule has 1 rings (SSSR count). The van der Waals surface area contributed by atoms with Crippen LogP contribution in [0.3, 0.4) is 0 Å². The van der Waals surface area contributed by atoms with Crippen LogP contribution in [0.25, 0.3) is 0 Å². The van der Waals surface area contributed by atoms with Crippen molar-refractivity contribution in [3.63, 3.8) is 0 Å². The Bertz CT molecular complexity index is 395. The summed E-state index contributed by atoms with van der Waals surface area (Å²) in [6.45, 7) is 9.01. The first-order chi connectivity index (χ1) is 9.12. The second-order valence-corrected chi connectivity index (χ2v) is 4.76. The maximum atomic E-state index is 6.08. The van der Waals surface area contributed by atoms with Gasteiger partial charge >= 0.3 is 0 Å². The fraction of sp³-hybridized carbons (Fsp3) is 0.714. The molecule has 108 valence electrons. The lowest BCUT2D eigenvalue weighted by molar-refractivity contribution is 0.305. The topological polar surface area (TPSA) is 73.1 Å². The Kier molecular flexibility index (Phi) is 6.39. The van der Waals surface area contributed by atoms with Crippen LogP contribution in [0, 0.1) is 0 Å². The molecule has 1 heterocycles. The van der Waals surface area contributed by atoms with Crippen LogP contribution in [0.5, 0.6) is 5.88 Å². The molecular formula is C14H26N4O. The van der Waals surface area contributed by atoms with Crippen molar-refractivity contribution < 1.29 is 4.74 Å². The second-order valence-electron chi connectivity index (χ2n) is 4.76. The van der Waals surface area contributed by atoms with Crippen LogP contribution in [-0.2, 0) is 6.42 Å². The van der Waals surface area contributed by atoms with Gasteiger partial charge in [-0.2, -0.15) is 4.98 Å². The fourth-order valence-corrected chi connectivity index (χ4v) is 1.58. The van der Waals surface area contributed by atoms with Crippen molar-refractivity contribution in [1.29, 1.82) is 0 Å². The third kappa shape index (κ3) is 4.58. The Labute approximate surface area is 116 Å². The molecule has 0 amide bonds. The van der Waals surface area contributed by atoms with Crippen molar-refractivity contribution >= 4 is 11.5 Å². The first-order valence-corrected chi connectivity index (χ1v) is 7.18. The van der Waals surface area contributed by atoms with Crippen LogP contribution >= 0.6 is 0 Å². The molecule has 0 spiro atoms. The third-order valence-corrected chi connectivity index (χ3v) is 2.87. The summed E-state index contributed by atoms with van der Waals surface area (Å²) in [6, 6.07) is 0.325. The van der Waals surface area contributed by atoms with Gasteiger partial charge in [0.15, 0.2) is 5.82 Å². The first-order valence-electron chi connectivity index (χ1n) is 7.18. The molecule has 0 saturated carbocycles. The Hall–Kier alpha value is -1.52. The van der Waals surface area contributed by atoms with E-state index in [1.807, 2.05) is 0 Å². The molecule has 5 nitrogen and oxygen atoms in total.